The van der Waals surface area contributed by atoms with Crippen LogP contribution in [0.5, 0.6) is 0 Å². The number of amides is 1. The second kappa shape index (κ2) is 5.16. The van der Waals surface area contributed by atoms with Gasteiger partial charge in [0.2, 0.25) is 5.91 Å². The third-order valence-electron chi connectivity index (χ3n) is 3.94. The van der Waals surface area contributed by atoms with E-state index < -0.39 is 17.7 Å². The van der Waals surface area contributed by atoms with E-state index in [2.05, 4.69) is 10.3 Å². The predicted molar refractivity (Wildman–Crippen MR) is 80.8 cm³/mol. The number of pyridine rings is 1. The highest BCUT2D eigenvalue weighted by Gasteiger charge is 2.61. The lowest BCUT2D eigenvalue weighted by atomic mass is 9.99. The van der Waals surface area contributed by atoms with Crippen LogP contribution in [0.2, 0.25) is 0 Å². The fraction of sp³-hybridized carbons (Fsp3) is 0.294. The van der Waals surface area contributed by atoms with Crippen molar-refractivity contribution in [2.45, 2.75) is 26.2 Å². The van der Waals surface area contributed by atoms with Gasteiger partial charge in [0.1, 0.15) is 5.92 Å². The first kappa shape index (κ1) is 14.6. The Hall–Kier alpha value is -2.30. The number of alkyl halides is 2. The molecule has 114 valence electrons. The Bertz CT molecular complexity index is 743. The molecule has 0 unspecified atom stereocenters. The van der Waals surface area contributed by atoms with Gasteiger partial charge in [-0.25, -0.2) is 8.78 Å². The van der Waals surface area contributed by atoms with E-state index in [1.807, 2.05) is 32.0 Å². The van der Waals surface area contributed by atoms with Crippen LogP contribution in [0.4, 0.5) is 14.5 Å². The zero-order valence-electron chi connectivity index (χ0n) is 12.4. The summed E-state index contributed by atoms with van der Waals surface area (Å²) in [7, 11) is 0. The Labute approximate surface area is 127 Å². The summed E-state index contributed by atoms with van der Waals surface area (Å²) in [5, 5.41) is 2.58. The van der Waals surface area contributed by atoms with E-state index in [1.54, 1.807) is 18.3 Å². The van der Waals surface area contributed by atoms with Crippen molar-refractivity contribution in [3.05, 3.63) is 47.8 Å². The second-order valence-electron chi connectivity index (χ2n) is 5.67. The normalized spacial score (nSPS) is 18.8. The molecule has 5 heteroatoms. The quantitative estimate of drug-likeness (QED) is 0.932. The molecule has 1 saturated carbocycles. The minimum absolute atomic E-state index is 0.362. The first-order valence-electron chi connectivity index (χ1n) is 7.10. The molecule has 22 heavy (non-hydrogen) atoms. The van der Waals surface area contributed by atoms with Crippen LogP contribution in [0.1, 0.15) is 17.7 Å². The third-order valence-corrected chi connectivity index (χ3v) is 3.94. The maximum atomic E-state index is 12.9. The molecule has 1 fully saturated rings. The lowest BCUT2D eigenvalue weighted by Crippen LogP contribution is -2.17. The van der Waals surface area contributed by atoms with Crippen LogP contribution in [0, 0.1) is 19.8 Å². The van der Waals surface area contributed by atoms with Crippen LogP contribution in [-0.2, 0) is 4.79 Å². The van der Waals surface area contributed by atoms with Crippen molar-refractivity contribution in [2.75, 3.05) is 5.32 Å². The van der Waals surface area contributed by atoms with Gasteiger partial charge in [-0.2, -0.15) is 0 Å². The number of carbonyl (C=O) groups is 1. The lowest BCUT2D eigenvalue weighted by Gasteiger charge is -2.12. The first-order chi connectivity index (χ1) is 10.4. The van der Waals surface area contributed by atoms with Crippen molar-refractivity contribution in [3.63, 3.8) is 0 Å². The molecule has 0 saturated heterocycles. The molecule has 2 aromatic rings. The van der Waals surface area contributed by atoms with Crippen molar-refractivity contribution < 1.29 is 13.6 Å². The lowest BCUT2D eigenvalue weighted by molar-refractivity contribution is -0.119. The van der Waals surface area contributed by atoms with Gasteiger partial charge in [-0.3, -0.25) is 9.78 Å². The molecule has 0 radical (unpaired) electrons. The molecule has 3 nitrogen and oxygen atoms in total. The number of carbonyl (C=O) groups excluding carboxylic acids is 1. The van der Waals surface area contributed by atoms with Gasteiger partial charge in [0.15, 0.2) is 0 Å². The van der Waals surface area contributed by atoms with Gasteiger partial charge in [0, 0.05) is 29.6 Å². The van der Waals surface area contributed by atoms with Gasteiger partial charge in [-0.1, -0.05) is 12.1 Å². The van der Waals surface area contributed by atoms with Gasteiger partial charge >= 0.3 is 0 Å². The average Bonchev–Trinajstić information content (AvgIpc) is 3.11. The zero-order valence-corrected chi connectivity index (χ0v) is 12.4. The van der Waals surface area contributed by atoms with Gasteiger partial charge in [-0.15, -0.1) is 0 Å². The second-order valence-corrected chi connectivity index (χ2v) is 5.67. The zero-order chi connectivity index (χ0) is 15.9. The number of benzene rings is 1. The molecule has 1 N–H and O–H groups in total. The van der Waals surface area contributed by atoms with E-state index >= 15 is 0 Å². The molecule has 1 atom stereocenters. The summed E-state index contributed by atoms with van der Waals surface area (Å²) >= 11 is 0. The number of rotatable bonds is 3. The molecule has 1 heterocycles. The summed E-state index contributed by atoms with van der Waals surface area (Å²) in [5.74, 6) is -4.67. The van der Waals surface area contributed by atoms with Crippen LogP contribution in [-0.4, -0.2) is 16.8 Å². The maximum absolute atomic E-state index is 12.9. The van der Waals surface area contributed by atoms with Gasteiger partial charge in [-0.05, 0) is 43.2 Å². The molecule has 0 bridgehead atoms. The fourth-order valence-electron chi connectivity index (χ4n) is 2.49. The summed E-state index contributed by atoms with van der Waals surface area (Å²) in [5.41, 5.74) is 4.34. The molecule has 1 aromatic heterocycles. The maximum Gasteiger partial charge on any atom is 0.260 e. The number of aryl methyl sites for hydroxylation is 2. The topological polar surface area (TPSA) is 42.0 Å². The predicted octanol–water partition coefficient (Wildman–Crippen LogP) is 3.96. The van der Waals surface area contributed by atoms with Crippen molar-refractivity contribution in [1.82, 2.24) is 4.98 Å². The highest BCUT2D eigenvalue weighted by atomic mass is 19.3. The monoisotopic (exact) mass is 302 g/mol. The fourth-order valence-corrected chi connectivity index (χ4v) is 2.49. The number of nitrogens with zero attached hydrogens (tertiary/aromatic N) is 1. The van der Waals surface area contributed by atoms with Crippen molar-refractivity contribution in [2.24, 2.45) is 5.92 Å². The molecular weight excluding hydrogens is 286 g/mol. The van der Waals surface area contributed by atoms with Crippen molar-refractivity contribution in [1.29, 1.82) is 0 Å². The molecule has 1 amide bonds. The number of halogens is 2. The van der Waals surface area contributed by atoms with Crippen LogP contribution in [0.15, 0.2) is 36.5 Å². The number of nitrogens with one attached hydrogen (secondary N) is 1. The number of aromatic nitrogens is 1. The number of hydrogen-bond acceptors (Lipinski definition) is 2. The minimum atomic E-state index is -2.85. The van der Waals surface area contributed by atoms with Crippen LogP contribution in [0.25, 0.3) is 11.1 Å². The smallest absolute Gasteiger partial charge is 0.260 e. The molecule has 0 spiro atoms. The first-order valence-corrected chi connectivity index (χ1v) is 7.10. The number of anilines is 1. The van der Waals surface area contributed by atoms with E-state index in [1.165, 1.54) is 0 Å². The summed E-state index contributed by atoms with van der Waals surface area (Å²) in [6.07, 6.45) is 1.36. The van der Waals surface area contributed by atoms with E-state index in [4.69, 9.17) is 0 Å². The Morgan fingerprint density at radius 3 is 2.64 bits per heavy atom. The summed E-state index contributed by atoms with van der Waals surface area (Å²) in [4.78, 5) is 16.0. The summed E-state index contributed by atoms with van der Waals surface area (Å²) < 4.78 is 25.9. The highest BCUT2D eigenvalue weighted by Crippen LogP contribution is 2.49. The molecule has 0 aliphatic heterocycles. The molecule has 3 rings (SSSR count). The SMILES string of the molecule is Cc1ccc(NC(=O)[C@H]2CC2(F)F)cc1-c1cccnc1C. The number of hydrogen-bond donors (Lipinski definition) is 1. The minimum Gasteiger partial charge on any atom is -0.326 e. The molecule has 1 aromatic carbocycles. The summed E-state index contributed by atoms with van der Waals surface area (Å²) in [6.45, 7) is 3.87. The Kier molecular flexibility index (Phi) is 3.43. The van der Waals surface area contributed by atoms with E-state index in [9.17, 15) is 13.6 Å². The summed E-state index contributed by atoms with van der Waals surface area (Å²) in [6, 6.07) is 9.19. The van der Waals surface area contributed by atoms with Gasteiger partial charge < -0.3 is 5.32 Å². The average molecular weight is 302 g/mol. The van der Waals surface area contributed by atoms with Gasteiger partial charge in [0.05, 0.1) is 0 Å². The van der Waals surface area contributed by atoms with E-state index in [0.29, 0.717) is 5.69 Å². The molecule has 1 aliphatic rings. The Morgan fingerprint density at radius 1 is 1.27 bits per heavy atom. The molecule has 1 aliphatic carbocycles. The third kappa shape index (κ3) is 2.71. The van der Waals surface area contributed by atoms with Crippen LogP contribution in [0.3, 0.4) is 0 Å². The van der Waals surface area contributed by atoms with Crippen molar-refractivity contribution >= 4 is 11.6 Å². The largest absolute Gasteiger partial charge is 0.326 e. The highest BCUT2D eigenvalue weighted by molar-refractivity contribution is 5.96. The van der Waals surface area contributed by atoms with Crippen LogP contribution < -0.4 is 5.32 Å². The van der Waals surface area contributed by atoms with Gasteiger partial charge in [0.25, 0.3) is 5.92 Å². The molecular formula is C17H16F2N2O. The standard InChI is InChI=1S/C17H16F2N2O/c1-10-5-6-12(21-16(22)15-9-17(15,18)19)8-14(10)13-4-3-7-20-11(13)2/h3-8,15H,9H2,1-2H3,(H,21,22)/t15-/m1/s1. The Balaban J connectivity index is 1.88. The Morgan fingerprint density at radius 2 is 2.00 bits per heavy atom. The van der Waals surface area contributed by atoms with Crippen LogP contribution >= 0.6 is 0 Å². The van der Waals surface area contributed by atoms with Crippen molar-refractivity contribution in [3.8, 4) is 11.1 Å². The van der Waals surface area contributed by atoms with E-state index in [0.717, 1.165) is 22.4 Å². The van der Waals surface area contributed by atoms with E-state index in [-0.39, 0.29) is 6.42 Å².